The fraction of sp³-hybridized carbons (Fsp3) is 0.567. The lowest BCUT2D eigenvalue weighted by Gasteiger charge is -2.44. The highest BCUT2D eigenvalue weighted by Gasteiger charge is 2.60. The number of carbonyl (C=O) groups excluding carboxylic acids is 1. The number of alkyl halides is 3. The van der Waals surface area contributed by atoms with Gasteiger partial charge in [-0.2, -0.15) is 18.4 Å². The summed E-state index contributed by atoms with van der Waals surface area (Å²) in [5, 5.41) is 12.7. The number of benzene rings is 1. The highest BCUT2D eigenvalue weighted by molar-refractivity contribution is 7.81. The molecular formula is C30H36F3N5O2S. The van der Waals surface area contributed by atoms with Crippen molar-refractivity contribution in [3.8, 4) is 11.8 Å². The number of piperidine rings is 1. The molecule has 2 unspecified atom stereocenters. The molecule has 41 heavy (non-hydrogen) atoms. The first-order valence-electron chi connectivity index (χ1n) is 14.2. The third-order valence-electron chi connectivity index (χ3n) is 8.73. The zero-order valence-corrected chi connectivity index (χ0v) is 24.5. The van der Waals surface area contributed by atoms with Crippen molar-refractivity contribution < 1.29 is 22.7 Å². The third-order valence-corrected chi connectivity index (χ3v) is 9.19. The SMILES string of the molecule is CCc1cc(N2C(S)N(c3cnc(C#N)c(C(F)(F)F)c3)C(=O)C23CCC3)ccc1OCCC1CCNC(C)(C)C1. The molecule has 3 heterocycles. The molecule has 3 aliphatic rings. The summed E-state index contributed by atoms with van der Waals surface area (Å²) in [7, 11) is 0. The molecule has 7 nitrogen and oxygen atoms in total. The highest BCUT2D eigenvalue weighted by Crippen LogP contribution is 2.51. The first-order chi connectivity index (χ1) is 19.4. The molecule has 2 atom stereocenters. The Morgan fingerprint density at radius 1 is 1.24 bits per heavy atom. The summed E-state index contributed by atoms with van der Waals surface area (Å²) in [5.74, 6) is 1.10. The number of aryl methyl sites for hydroxylation is 1. The second kappa shape index (κ2) is 11.0. The fourth-order valence-corrected chi connectivity index (χ4v) is 7.07. The molecular weight excluding hydrogens is 551 g/mol. The number of nitrogens with one attached hydrogen (secondary N) is 1. The van der Waals surface area contributed by atoms with Gasteiger partial charge in [0.25, 0.3) is 5.91 Å². The predicted molar refractivity (Wildman–Crippen MR) is 154 cm³/mol. The van der Waals surface area contributed by atoms with Crippen LogP contribution in [0.15, 0.2) is 30.5 Å². The van der Waals surface area contributed by atoms with Gasteiger partial charge in [-0.3, -0.25) is 9.69 Å². The number of thiol groups is 1. The van der Waals surface area contributed by atoms with Crippen LogP contribution in [0.4, 0.5) is 24.5 Å². The van der Waals surface area contributed by atoms with Gasteiger partial charge < -0.3 is 15.0 Å². The summed E-state index contributed by atoms with van der Waals surface area (Å²) in [6, 6.07) is 8.14. The standard InChI is InChI=1S/C30H36F3N5O2S/c1-4-20-14-21(6-7-25(20)40-13-9-19-8-12-36-28(2,3)16-19)38-27(41)37(26(39)29(38)10-5-11-29)22-15-23(30(31,32)33)24(17-34)35-18-22/h6-7,14-15,18-19,27,36,41H,4-5,8-13,16H2,1-3H3. The van der Waals surface area contributed by atoms with Gasteiger partial charge in [-0.15, -0.1) is 12.6 Å². The molecule has 0 bridgehead atoms. The highest BCUT2D eigenvalue weighted by atomic mass is 32.1. The van der Waals surface area contributed by atoms with E-state index in [1.165, 1.54) is 11.0 Å². The molecule has 1 amide bonds. The predicted octanol–water partition coefficient (Wildman–Crippen LogP) is 6.07. The number of carbonyl (C=O) groups is 1. The average molecular weight is 588 g/mol. The molecule has 2 aliphatic heterocycles. The van der Waals surface area contributed by atoms with Crippen LogP contribution in [-0.4, -0.2) is 40.6 Å². The molecule has 0 radical (unpaired) electrons. The molecule has 1 N–H and O–H groups in total. The van der Waals surface area contributed by atoms with Crippen molar-refractivity contribution in [2.45, 2.75) is 88.5 Å². The smallest absolute Gasteiger partial charge is 0.419 e. The fourth-order valence-electron chi connectivity index (χ4n) is 6.48. The summed E-state index contributed by atoms with van der Waals surface area (Å²) in [6.07, 6.45) is 2.26. The maximum absolute atomic E-state index is 13.8. The van der Waals surface area contributed by atoms with Crippen LogP contribution in [0.2, 0.25) is 0 Å². The molecule has 3 fully saturated rings. The summed E-state index contributed by atoms with van der Waals surface area (Å²) >= 11 is 4.76. The van der Waals surface area contributed by atoms with Crippen molar-refractivity contribution in [2.75, 3.05) is 23.0 Å². The lowest BCUT2D eigenvalue weighted by Crippen LogP contribution is -2.55. The third kappa shape index (κ3) is 5.48. The number of aromatic nitrogens is 1. The zero-order chi connectivity index (χ0) is 29.6. The van der Waals surface area contributed by atoms with Crippen LogP contribution in [0.1, 0.15) is 76.1 Å². The van der Waals surface area contributed by atoms with Crippen molar-refractivity contribution in [1.82, 2.24) is 10.3 Å². The van der Waals surface area contributed by atoms with Gasteiger partial charge in [-0.1, -0.05) is 6.92 Å². The van der Waals surface area contributed by atoms with Crippen molar-refractivity contribution in [2.24, 2.45) is 5.92 Å². The number of nitriles is 1. The average Bonchev–Trinajstić information content (AvgIpc) is 3.14. The molecule has 1 aromatic carbocycles. The second-order valence-corrected chi connectivity index (χ2v) is 12.4. The van der Waals surface area contributed by atoms with Crippen molar-refractivity contribution >= 4 is 29.9 Å². The number of anilines is 2. The van der Waals surface area contributed by atoms with Crippen molar-refractivity contribution in [1.29, 1.82) is 5.26 Å². The van der Waals surface area contributed by atoms with E-state index in [4.69, 9.17) is 22.6 Å². The van der Waals surface area contributed by atoms with E-state index in [2.05, 4.69) is 24.1 Å². The molecule has 1 spiro atoms. The number of amides is 1. The first kappa shape index (κ1) is 29.5. The summed E-state index contributed by atoms with van der Waals surface area (Å²) in [5.41, 5.74) is -1.78. The Kier molecular flexibility index (Phi) is 7.94. The van der Waals surface area contributed by atoms with Crippen LogP contribution in [0.5, 0.6) is 5.75 Å². The quantitative estimate of drug-likeness (QED) is 0.383. The van der Waals surface area contributed by atoms with Gasteiger partial charge in [0.05, 0.1) is 24.1 Å². The molecule has 1 aromatic heterocycles. The van der Waals surface area contributed by atoms with E-state index < -0.39 is 28.5 Å². The van der Waals surface area contributed by atoms with Gasteiger partial charge >= 0.3 is 6.18 Å². The summed E-state index contributed by atoms with van der Waals surface area (Å²) in [6.45, 7) is 8.14. The Bertz CT molecular complexity index is 1350. The topological polar surface area (TPSA) is 81.5 Å². The monoisotopic (exact) mass is 587 g/mol. The minimum atomic E-state index is -4.78. The van der Waals surface area contributed by atoms with Crippen LogP contribution >= 0.6 is 12.6 Å². The Morgan fingerprint density at radius 3 is 2.61 bits per heavy atom. The number of ether oxygens (including phenoxy) is 1. The molecule has 2 saturated heterocycles. The first-order valence-corrected chi connectivity index (χ1v) is 14.7. The molecule has 1 saturated carbocycles. The normalized spacial score (nSPS) is 23.4. The lowest BCUT2D eigenvalue weighted by atomic mass is 9.75. The van der Waals surface area contributed by atoms with Gasteiger partial charge in [0.15, 0.2) is 11.2 Å². The van der Waals surface area contributed by atoms with Crippen molar-refractivity contribution in [3.63, 3.8) is 0 Å². The van der Waals surface area contributed by atoms with E-state index in [1.54, 1.807) is 0 Å². The molecule has 1 aliphatic carbocycles. The van der Waals surface area contributed by atoms with Crippen LogP contribution in [0.3, 0.4) is 0 Å². The van der Waals surface area contributed by atoms with E-state index in [1.807, 2.05) is 30.0 Å². The maximum Gasteiger partial charge on any atom is 0.419 e. The number of halogens is 3. The van der Waals surface area contributed by atoms with E-state index >= 15 is 0 Å². The molecule has 5 rings (SSSR count). The van der Waals surface area contributed by atoms with Crippen LogP contribution in [0.25, 0.3) is 0 Å². The largest absolute Gasteiger partial charge is 0.493 e. The number of hydrogen-bond donors (Lipinski definition) is 2. The van der Waals surface area contributed by atoms with Crippen LogP contribution < -0.4 is 19.9 Å². The van der Waals surface area contributed by atoms with E-state index in [9.17, 15) is 18.0 Å². The van der Waals surface area contributed by atoms with Crippen LogP contribution in [0, 0.1) is 17.2 Å². The number of rotatable bonds is 7. The van der Waals surface area contributed by atoms with Crippen LogP contribution in [-0.2, 0) is 17.4 Å². The number of hydrogen-bond acceptors (Lipinski definition) is 7. The van der Waals surface area contributed by atoms with E-state index in [-0.39, 0.29) is 17.1 Å². The minimum absolute atomic E-state index is 0.0353. The molecule has 220 valence electrons. The van der Waals surface area contributed by atoms with Gasteiger partial charge in [0.1, 0.15) is 17.4 Å². The lowest BCUT2D eigenvalue weighted by molar-refractivity contribution is -0.138. The second-order valence-electron chi connectivity index (χ2n) is 11.9. The van der Waals surface area contributed by atoms with E-state index in [0.29, 0.717) is 31.8 Å². The Balaban J connectivity index is 1.39. The molecule has 2 aromatic rings. The van der Waals surface area contributed by atoms with Gasteiger partial charge in [-0.05, 0) is 101 Å². The number of pyridine rings is 1. The van der Waals surface area contributed by atoms with Gasteiger partial charge in [0.2, 0.25) is 0 Å². The van der Waals surface area contributed by atoms with E-state index in [0.717, 1.165) is 61.5 Å². The minimum Gasteiger partial charge on any atom is -0.493 e. The Hall–Kier alpha value is -2.97. The Morgan fingerprint density at radius 2 is 2.00 bits per heavy atom. The Labute approximate surface area is 244 Å². The summed E-state index contributed by atoms with van der Waals surface area (Å²) in [4.78, 5) is 20.7. The van der Waals surface area contributed by atoms with Crippen molar-refractivity contribution in [3.05, 3.63) is 47.3 Å². The number of nitrogens with zero attached hydrogens (tertiary/aromatic N) is 4. The van der Waals surface area contributed by atoms with Gasteiger partial charge in [-0.25, -0.2) is 4.98 Å². The summed E-state index contributed by atoms with van der Waals surface area (Å²) < 4.78 is 47.3. The maximum atomic E-state index is 13.8. The zero-order valence-electron chi connectivity index (χ0n) is 23.6. The van der Waals surface area contributed by atoms with Gasteiger partial charge in [0, 0.05) is 11.2 Å². The molecule has 11 heteroatoms.